The van der Waals surface area contributed by atoms with Crippen LogP contribution in [-0.4, -0.2) is 17.9 Å². The van der Waals surface area contributed by atoms with Gasteiger partial charge in [-0.25, -0.2) is 8.78 Å². The third-order valence-electron chi connectivity index (χ3n) is 8.35. The molecule has 3 aliphatic rings. The lowest BCUT2D eigenvalue weighted by Gasteiger charge is -2.48. The van der Waals surface area contributed by atoms with E-state index >= 15 is 8.78 Å². The molecule has 0 aromatic heterocycles. The highest BCUT2D eigenvalue weighted by Crippen LogP contribution is 2.62. The van der Waals surface area contributed by atoms with Crippen LogP contribution >= 0.6 is 0 Å². The molecule has 0 N–H and O–H groups in total. The first-order valence-electron chi connectivity index (χ1n) is 13.1. The topological polar surface area (TPSA) is 32.8 Å². The van der Waals surface area contributed by atoms with Crippen LogP contribution in [0.5, 0.6) is 11.5 Å². The molecule has 0 saturated carbocycles. The summed E-state index contributed by atoms with van der Waals surface area (Å²) in [6.45, 7) is 0.550. The summed E-state index contributed by atoms with van der Waals surface area (Å²) in [4.78, 5) is 16.6. The van der Waals surface area contributed by atoms with E-state index in [0.29, 0.717) is 34.7 Å². The molecular weight excluding hydrogens is 506 g/mol. The van der Waals surface area contributed by atoms with E-state index in [2.05, 4.69) is 0 Å². The van der Waals surface area contributed by atoms with E-state index in [1.165, 1.54) is 12.1 Å². The van der Waals surface area contributed by atoms with Gasteiger partial charge in [0.25, 0.3) is 5.91 Å². The Hall–Kier alpha value is -4.97. The number of nitrogens with zero attached hydrogens (tertiary/aromatic N) is 2. The number of rotatable bonds is 1. The number of benzene rings is 5. The minimum atomic E-state index is -1.05. The molecule has 0 radical (unpaired) electrons. The number of fused-ring (bicyclic) bond motifs is 9. The van der Waals surface area contributed by atoms with Crippen LogP contribution in [0.4, 0.5) is 25.8 Å². The minimum absolute atomic E-state index is 0.0451. The van der Waals surface area contributed by atoms with Crippen LogP contribution in [0.3, 0.4) is 0 Å². The number of para-hydroxylation sites is 2. The van der Waals surface area contributed by atoms with Crippen LogP contribution in [-0.2, 0) is 12.0 Å². The Balaban J connectivity index is 1.51. The lowest BCUT2D eigenvalue weighted by molar-refractivity contribution is 0.0816. The molecule has 1 spiro atoms. The van der Waals surface area contributed by atoms with E-state index < -0.39 is 17.0 Å². The smallest absolute Gasteiger partial charge is 0.254 e. The molecule has 0 atom stereocenters. The average Bonchev–Trinajstić information content (AvgIpc) is 3.25. The molecule has 0 fully saturated rings. The third kappa shape index (κ3) is 2.90. The highest BCUT2D eigenvalue weighted by Gasteiger charge is 2.51. The first-order valence-corrected chi connectivity index (χ1v) is 13.1. The second-order valence-electron chi connectivity index (χ2n) is 10.5. The third-order valence-corrected chi connectivity index (χ3v) is 8.35. The van der Waals surface area contributed by atoms with E-state index in [4.69, 9.17) is 4.74 Å². The monoisotopic (exact) mass is 528 g/mol. The van der Waals surface area contributed by atoms with Crippen molar-refractivity contribution in [3.05, 3.63) is 148 Å². The van der Waals surface area contributed by atoms with Gasteiger partial charge >= 0.3 is 0 Å². The Morgan fingerprint density at radius 2 is 1.27 bits per heavy atom. The van der Waals surface area contributed by atoms with Gasteiger partial charge in [0.05, 0.1) is 16.8 Å². The van der Waals surface area contributed by atoms with E-state index in [1.807, 2.05) is 71.6 Å². The summed E-state index contributed by atoms with van der Waals surface area (Å²) in [7, 11) is 1.78. The lowest BCUT2D eigenvalue weighted by atomic mass is 9.61. The standard InChI is InChI=1S/C34H22F2N2O2/c1-37-19-20-10-13-23(18-24(20)33(37)39)38-29-14-11-21(35)16-27(29)34(28-17-22(36)12-15-30(28)38)25-6-2-4-8-31(25)40-32-9-5-3-7-26(32)34/h2-18H,19H2,1H3. The highest BCUT2D eigenvalue weighted by molar-refractivity contribution is 6.00. The van der Waals surface area contributed by atoms with Gasteiger partial charge in [0, 0.05) is 36.0 Å². The molecule has 5 aromatic rings. The maximum atomic E-state index is 15.3. The average molecular weight is 529 g/mol. The van der Waals surface area contributed by atoms with E-state index in [9.17, 15) is 4.79 Å². The Morgan fingerprint density at radius 1 is 0.700 bits per heavy atom. The van der Waals surface area contributed by atoms with Crippen molar-refractivity contribution in [2.24, 2.45) is 0 Å². The SMILES string of the molecule is CN1Cc2ccc(N3c4ccc(F)cc4C4(c5ccccc5Oc5ccccc54)c4cc(F)ccc43)cc2C1=O. The summed E-state index contributed by atoms with van der Waals surface area (Å²) in [6, 6.07) is 30.7. The van der Waals surface area contributed by atoms with Gasteiger partial charge in [-0.2, -0.15) is 0 Å². The molecular formula is C34H22F2N2O2. The Morgan fingerprint density at radius 3 is 1.88 bits per heavy atom. The Kier molecular flexibility index (Phi) is 4.61. The van der Waals surface area contributed by atoms with E-state index in [0.717, 1.165) is 33.8 Å². The zero-order valence-corrected chi connectivity index (χ0v) is 21.5. The second kappa shape index (κ2) is 8.02. The predicted molar refractivity (Wildman–Crippen MR) is 149 cm³/mol. The highest BCUT2D eigenvalue weighted by atomic mass is 19.1. The van der Waals surface area contributed by atoms with Crippen molar-refractivity contribution in [3.8, 4) is 11.5 Å². The summed E-state index contributed by atoms with van der Waals surface area (Å²) in [6.07, 6.45) is 0. The van der Waals surface area contributed by atoms with Crippen molar-refractivity contribution in [2.45, 2.75) is 12.0 Å². The maximum Gasteiger partial charge on any atom is 0.254 e. The van der Waals surface area contributed by atoms with Crippen molar-refractivity contribution >= 4 is 23.0 Å². The molecule has 0 bridgehead atoms. The normalized spacial score (nSPS) is 15.6. The van der Waals surface area contributed by atoms with E-state index in [-0.39, 0.29) is 5.91 Å². The minimum Gasteiger partial charge on any atom is -0.457 e. The summed E-state index contributed by atoms with van der Waals surface area (Å²) >= 11 is 0. The molecule has 8 rings (SSSR count). The number of hydrogen-bond acceptors (Lipinski definition) is 3. The van der Waals surface area contributed by atoms with Gasteiger partial charge in [-0.15, -0.1) is 0 Å². The summed E-state index contributed by atoms with van der Waals surface area (Å²) in [5.74, 6) is 0.420. The fourth-order valence-electron chi connectivity index (χ4n) is 6.71. The molecule has 3 aliphatic heterocycles. The van der Waals surface area contributed by atoms with Crippen LogP contribution in [0.1, 0.15) is 38.2 Å². The zero-order valence-electron chi connectivity index (χ0n) is 21.5. The Bertz CT molecular complexity index is 1800. The second-order valence-corrected chi connectivity index (χ2v) is 10.5. The molecule has 1 amide bonds. The van der Waals surface area contributed by atoms with Gasteiger partial charge in [0.1, 0.15) is 23.1 Å². The van der Waals surface area contributed by atoms with Crippen molar-refractivity contribution < 1.29 is 18.3 Å². The molecule has 40 heavy (non-hydrogen) atoms. The van der Waals surface area contributed by atoms with Crippen LogP contribution in [0.25, 0.3) is 0 Å². The predicted octanol–water partition coefficient (Wildman–Crippen LogP) is 7.82. The lowest BCUT2D eigenvalue weighted by Crippen LogP contribution is -2.40. The quantitative estimate of drug-likeness (QED) is 0.218. The number of hydrogen-bond donors (Lipinski definition) is 0. The largest absolute Gasteiger partial charge is 0.457 e. The number of carbonyl (C=O) groups is 1. The van der Waals surface area contributed by atoms with Crippen molar-refractivity contribution in [1.29, 1.82) is 0 Å². The first-order chi connectivity index (χ1) is 19.5. The summed E-state index contributed by atoms with van der Waals surface area (Å²) in [5, 5.41) is 0. The number of ether oxygens (including phenoxy) is 1. The number of amides is 1. The molecule has 0 saturated heterocycles. The van der Waals surface area contributed by atoms with Crippen LogP contribution in [0, 0.1) is 11.6 Å². The fraction of sp³-hybridized carbons (Fsp3) is 0.0882. The molecule has 4 nitrogen and oxygen atoms in total. The Labute approximate surface area is 229 Å². The van der Waals surface area contributed by atoms with Crippen molar-refractivity contribution in [1.82, 2.24) is 4.90 Å². The molecule has 0 unspecified atom stereocenters. The number of halogens is 2. The van der Waals surface area contributed by atoms with E-state index in [1.54, 1.807) is 36.2 Å². The van der Waals surface area contributed by atoms with Crippen LogP contribution < -0.4 is 9.64 Å². The molecule has 194 valence electrons. The zero-order chi connectivity index (χ0) is 27.2. The van der Waals surface area contributed by atoms with Crippen molar-refractivity contribution in [2.75, 3.05) is 11.9 Å². The van der Waals surface area contributed by atoms with Gasteiger partial charge in [-0.3, -0.25) is 4.79 Å². The van der Waals surface area contributed by atoms with Gasteiger partial charge in [0.2, 0.25) is 0 Å². The summed E-state index contributed by atoms with van der Waals surface area (Å²) in [5.41, 5.74) is 5.70. The molecule has 6 heteroatoms. The van der Waals surface area contributed by atoms with Crippen molar-refractivity contribution in [3.63, 3.8) is 0 Å². The molecule has 0 aliphatic carbocycles. The van der Waals surface area contributed by atoms with Gasteiger partial charge in [0.15, 0.2) is 0 Å². The van der Waals surface area contributed by atoms with Crippen LogP contribution in [0.15, 0.2) is 103 Å². The fourth-order valence-corrected chi connectivity index (χ4v) is 6.71. The molecule has 5 aromatic carbocycles. The first kappa shape index (κ1) is 23.0. The molecule has 3 heterocycles. The van der Waals surface area contributed by atoms with Gasteiger partial charge in [-0.1, -0.05) is 42.5 Å². The number of anilines is 3. The van der Waals surface area contributed by atoms with Gasteiger partial charge in [-0.05, 0) is 77.4 Å². The van der Waals surface area contributed by atoms with Crippen LogP contribution in [0.2, 0.25) is 0 Å². The number of carbonyl (C=O) groups excluding carboxylic acids is 1. The summed E-state index contributed by atoms with van der Waals surface area (Å²) < 4.78 is 36.9. The van der Waals surface area contributed by atoms with Gasteiger partial charge < -0.3 is 14.5 Å². The maximum absolute atomic E-state index is 15.3.